The molecule has 6 rings (SSSR count). The van der Waals surface area contributed by atoms with Gasteiger partial charge in [0.15, 0.2) is 5.65 Å². The number of carbonyl (C=O) groups excluding carboxylic acids is 1. The van der Waals surface area contributed by atoms with E-state index in [-0.39, 0.29) is 5.92 Å². The number of nitrogens with two attached hydrogens (primary N) is 1. The maximum Gasteiger partial charge on any atom is 0.250 e. The van der Waals surface area contributed by atoms with E-state index in [1.165, 1.54) is 0 Å². The quantitative estimate of drug-likeness (QED) is 0.291. The number of amides is 1. The number of nitrogens with one attached hydrogen (secondary N) is 1. The maximum atomic E-state index is 12.2. The highest BCUT2D eigenvalue weighted by Gasteiger charge is 2.21. The van der Waals surface area contributed by atoms with Crippen molar-refractivity contribution in [3.8, 4) is 16.8 Å². The molecule has 6 aromatic rings. The van der Waals surface area contributed by atoms with Gasteiger partial charge in [-0.3, -0.25) is 9.78 Å². The third-order valence-electron chi connectivity index (χ3n) is 6.48. The van der Waals surface area contributed by atoms with Crippen molar-refractivity contribution in [3.05, 3.63) is 103 Å². The number of rotatable bonds is 6. The van der Waals surface area contributed by atoms with Crippen molar-refractivity contribution in [1.29, 1.82) is 0 Å². The van der Waals surface area contributed by atoms with Gasteiger partial charge in [0.1, 0.15) is 5.82 Å². The molecule has 0 aliphatic heterocycles. The summed E-state index contributed by atoms with van der Waals surface area (Å²) in [6.45, 7) is 4.23. The Kier molecular flexibility index (Phi) is 5.76. The SMILES string of the molecule is CC(C)c1nn(-c2ccc(C(N)=O)c(Nc3ccccn3)c2)c2nccc(-c3cnc4ccccc4c3)c12. The first-order valence-corrected chi connectivity index (χ1v) is 12.3. The predicted octanol–water partition coefficient (Wildman–Crippen LogP) is 6.00. The number of benzene rings is 2. The Labute approximate surface area is 219 Å². The van der Waals surface area contributed by atoms with E-state index < -0.39 is 5.91 Å². The van der Waals surface area contributed by atoms with Crippen LogP contribution >= 0.6 is 0 Å². The van der Waals surface area contributed by atoms with Gasteiger partial charge in [-0.25, -0.2) is 14.6 Å². The first kappa shape index (κ1) is 23.3. The van der Waals surface area contributed by atoms with Gasteiger partial charge >= 0.3 is 0 Å². The number of primary amides is 1. The lowest BCUT2D eigenvalue weighted by molar-refractivity contribution is 0.100. The lowest BCUT2D eigenvalue weighted by Gasteiger charge is -2.12. The zero-order valence-electron chi connectivity index (χ0n) is 21.0. The van der Waals surface area contributed by atoms with Gasteiger partial charge in [-0.1, -0.05) is 38.1 Å². The predicted molar refractivity (Wildman–Crippen MR) is 150 cm³/mol. The Hall–Kier alpha value is -5.11. The van der Waals surface area contributed by atoms with Crippen LogP contribution in [0.15, 0.2) is 91.4 Å². The highest BCUT2D eigenvalue weighted by atomic mass is 16.1. The summed E-state index contributed by atoms with van der Waals surface area (Å²) in [6.07, 6.45) is 5.37. The van der Waals surface area contributed by atoms with Gasteiger partial charge in [0.05, 0.1) is 33.5 Å². The second-order valence-corrected chi connectivity index (χ2v) is 9.36. The Morgan fingerprint density at radius 3 is 2.55 bits per heavy atom. The van der Waals surface area contributed by atoms with Gasteiger partial charge in [0.25, 0.3) is 5.91 Å². The Morgan fingerprint density at radius 2 is 1.76 bits per heavy atom. The van der Waals surface area contributed by atoms with Crippen LogP contribution in [0.1, 0.15) is 35.8 Å². The molecule has 38 heavy (non-hydrogen) atoms. The number of fused-ring (bicyclic) bond motifs is 2. The molecule has 0 aliphatic rings. The second-order valence-electron chi connectivity index (χ2n) is 9.36. The highest BCUT2D eigenvalue weighted by molar-refractivity contribution is 6.00. The van der Waals surface area contributed by atoms with Crippen LogP contribution in [0, 0.1) is 0 Å². The standard InChI is InChI=1S/C30H25N7O/c1-18(2)28-27-22(20-15-19-7-3-4-8-24(19)34-17-20)12-14-33-30(27)37(36-28)21-10-11-23(29(31)38)25(16-21)35-26-9-5-6-13-32-26/h3-18H,1-2H3,(H2,31,38)(H,32,35). The summed E-state index contributed by atoms with van der Waals surface area (Å²) in [5.41, 5.74) is 11.9. The number of hydrogen-bond donors (Lipinski definition) is 2. The fraction of sp³-hybridized carbons (Fsp3) is 0.100. The van der Waals surface area contributed by atoms with Crippen molar-refractivity contribution in [3.63, 3.8) is 0 Å². The minimum atomic E-state index is -0.535. The van der Waals surface area contributed by atoms with Crippen LogP contribution in [0.3, 0.4) is 0 Å². The molecule has 0 aliphatic carbocycles. The number of aromatic nitrogens is 5. The molecule has 0 atom stereocenters. The van der Waals surface area contributed by atoms with Crippen molar-refractivity contribution in [2.24, 2.45) is 5.73 Å². The Morgan fingerprint density at radius 1 is 0.921 bits per heavy atom. The van der Waals surface area contributed by atoms with E-state index in [2.05, 4.69) is 41.3 Å². The third kappa shape index (κ3) is 4.12. The zero-order chi connectivity index (χ0) is 26.2. The molecule has 186 valence electrons. The molecular weight excluding hydrogens is 474 g/mol. The van der Waals surface area contributed by atoms with Crippen molar-refractivity contribution in [2.75, 3.05) is 5.32 Å². The molecule has 0 saturated carbocycles. The van der Waals surface area contributed by atoms with E-state index >= 15 is 0 Å². The maximum absolute atomic E-state index is 12.2. The number of carbonyl (C=O) groups is 1. The molecule has 0 unspecified atom stereocenters. The lowest BCUT2D eigenvalue weighted by atomic mass is 9.98. The van der Waals surface area contributed by atoms with Crippen LogP contribution in [0.5, 0.6) is 0 Å². The van der Waals surface area contributed by atoms with Crippen LogP contribution in [0.25, 0.3) is 38.8 Å². The van der Waals surface area contributed by atoms with Crippen molar-refractivity contribution in [1.82, 2.24) is 24.7 Å². The molecule has 4 heterocycles. The summed E-state index contributed by atoms with van der Waals surface area (Å²) in [5.74, 6) is 0.211. The normalized spacial score (nSPS) is 11.3. The fourth-order valence-corrected chi connectivity index (χ4v) is 4.67. The summed E-state index contributed by atoms with van der Waals surface area (Å²) < 4.78 is 1.82. The van der Waals surface area contributed by atoms with Gasteiger partial charge in [0, 0.05) is 29.5 Å². The van der Waals surface area contributed by atoms with Crippen LogP contribution in [0.4, 0.5) is 11.5 Å². The number of hydrogen-bond acceptors (Lipinski definition) is 6. The highest BCUT2D eigenvalue weighted by Crippen LogP contribution is 2.35. The molecule has 8 nitrogen and oxygen atoms in total. The summed E-state index contributed by atoms with van der Waals surface area (Å²) in [4.78, 5) is 25.9. The smallest absolute Gasteiger partial charge is 0.250 e. The Balaban J connectivity index is 1.54. The molecule has 1 amide bonds. The van der Waals surface area contributed by atoms with E-state index in [0.717, 1.165) is 44.4 Å². The number of pyridine rings is 3. The molecule has 0 spiro atoms. The Bertz CT molecular complexity index is 1810. The first-order chi connectivity index (χ1) is 18.5. The van der Waals surface area contributed by atoms with E-state index in [9.17, 15) is 4.79 Å². The average Bonchev–Trinajstić information content (AvgIpc) is 3.33. The summed E-state index contributed by atoms with van der Waals surface area (Å²) in [5, 5.41) is 10.3. The average molecular weight is 500 g/mol. The van der Waals surface area contributed by atoms with E-state index in [1.807, 2.05) is 65.5 Å². The first-order valence-electron chi connectivity index (χ1n) is 12.3. The van der Waals surface area contributed by atoms with Gasteiger partial charge in [-0.2, -0.15) is 5.10 Å². The van der Waals surface area contributed by atoms with Gasteiger partial charge in [-0.15, -0.1) is 0 Å². The molecule has 3 N–H and O–H groups in total. The second kappa shape index (κ2) is 9.40. The fourth-order valence-electron chi connectivity index (χ4n) is 4.67. The van der Waals surface area contributed by atoms with E-state index in [1.54, 1.807) is 18.5 Å². The monoisotopic (exact) mass is 499 g/mol. The van der Waals surface area contributed by atoms with Crippen molar-refractivity contribution >= 4 is 39.3 Å². The van der Waals surface area contributed by atoms with Crippen LogP contribution in [-0.2, 0) is 0 Å². The minimum Gasteiger partial charge on any atom is -0.366 e. The summed E-state index contributed by atoms with van der Waals surface area (Å²) in [6, 6.07) is 23.1. The largest absolute Gasteiger partial charge is 0.366 e. The van der Waals surface area contributed by atoms with Gasteiger partial charge < -0.3 is 11.1 Å². The summed E-state index contributed by atoms with van der Waals surface area (Å²) in [7, 11) is 0. The van der Waals surface area contributed by atoms with Crippen LogP contribution < -0.4 is 11.1 Å². The minimum absolute atomic E-state index is 0.145. The molecule has 0 fully saturated rings. The molecule has 0 radical (unpaired) electrons. The molecular formula is C30H25N7O. The third-order valence-corrected chi connectivity index (χ3v) is 6.48. The molecule has 8 heteroatoms. The summed E-state index contributed by atoms with van der Waals surface area (Å²) >= 11 is 0. The van der Waals surface area contributed by atoms with Crippen LogP contribution in [-0.4, -0.2) is 30.6 Å². The van der Waals surface area contributed by atoms with Gasteiger partial charge in [0.2, 0.25) is 0 Å². The van der Waals surface area contributed by atoms with Crippen molar-refractivity contribution in [2.45, 2.75) is 19.8 Å². The van der Waals surface area contributed by atoms with E-state index in [0.29, 0.717) is 17.1 Å². The number of para-hydroxylation sites is 1. The van der Waals surface area contributed by atoms with E-state index in [4.69, 9.17) is 15.8 Å². The molecule has 4 aromatic heterocycles. The molecule has 0 saturated heterocycles. The number of anilines is 2. The van der Waals surface area contributed by atoms with Gasteiger partial charge in [-0.05, 0) is 60.0 Å². The van der Waals surface area contributed by atoms with Crippen LogP contribution in [0.2, 0.25) is 0 Å². The van der Waals surface area contributed by atoms with Crippen molar-refractivity contribution < 1.29 is 4.79 Å². The topological polar surface area (TPSA) is 112 Å². The molecule has 0 bridgehead atoms. The zero-order valence-corrected chi connectivity index (χ0v) is 21.0. The molecule has 2 aromatic carbocycles. The number of nitrogens with zero attached hydrogens (tertiary/aromatic N) is 5. The lowest BCUT2D eigenvalue weighted by Crippen LogP contribution is -2.14.